The maximum absolute atomic E-state index is 13.1. The average Bonchev–Trinajstić information content (AvgIpc) is 2.28. The highest BCUT2D eigenvalue weighted by Crippen LogP contribution is 2.19. The van der Waals surface area contributed by atoms with Crippen LogP contribution in [0, 0.1) is 5.82 Å². The van der Waals surface area contributed by atoms with E-state index < -0.39 is 0 Å². The Morgan fingerprint density at radius 3 is 2.67 bits per heavy atom. The van der Waals surface area contributed by atoms with Crippen molar-refractivity contribution in [3.05, 3.63) is 42.0 Å². The summed E-state index contributed by atoms with van der Waals surface area (Å²) >= 11 is 0. The standard InChI is InChI=1S/C13H15FN4/c1-8(2)13-17-11(15)7-12(18-13)16-10-5-3-4-9(14)6-10/h3-8H,1-2H3,(H3,15,16,17,18). The molecule has 0 aliphatic heterocycles. The van der Waals surface area contributed by atoms with Crippen LogP contribution in [0.5, 0.6) is 0 Å². The molecule has 0 atom stereocenters. The monoisotopic (exact) mass is 246 g/mol. The van der Waals surface area contributed by atoms with Gasteiger partial charge < -0.3 is 11.1 Å². The van der Waals surface area contributed by atoms with Gasteiger partial charge in [0.05, 0.1) is 0 Å². The van der Waals surface area contributed by atoms with Crippen LogP contribution in [0.2, 0.25) is 0 Å². The van der Waals surface area contributed by atoms with Crippen LogP contribution >= 0.6 is 0 Å². The van der Waals surface area contributed by atoms with Gasteiger partial charge in [-0.3, -0.25) is 0 Å². The van der Waals surface area contributed by atoms with E-state index in [9.17, 15) is 4.39 Å². The van der Waals surface area contributed by atoms with Crippen LogP contribution in [0.3, 0.4) is 0 Å². The van der Waals surface area contributed by atoms with Gasteiger partial charge in [0.15, 0.2) is 0 Å². The van der Waals surface area contributed by atoms with Crippen LogP contribution in [0.4, 0.5) is 21.7 Å². The fourth-order valence-corrected chi connectivity index (χ4v) is 1.52. The molecular formula is C13H15FN4. The van der Waals surface area contributed by atoms with E-state index in [1.165, 1.54) is 12.1 Å². The molecule has 0 bridgehead atoms. The van der Waals surface area contributed by atoms with Gasteiger partial charge >= 0.3 is 0 Å². The molecule has 94 valence electrons. The SMILES string of the molecule is CC(C)c1nc(N)cc(Nc2cccc(F)c2)n1. The lowest BCUT2D eigenvalue weighted by Crippen LogP contribution is -2.04. The highest BCUT2D eigenvalue weighted by Gasteiger charge is 2.07. The van der Waals surface area contributed by atoms with Gasteiger partial charge in [-0.25, -0.2) is 14.4 Å². The van der Waals surface area contributed by atoms with E-state index in [0.717, 1.165) is 0 Å². The Labute approximate surface area is 105 Å². The number of hydrogen-bond donors (Lipinski definition) is 2. The molecule has 1 heterocycles. The highest BCUT2D eigenvalue weighted by atomic mass is 19.1. The number of nitrogens with zero attached hydrogens (tertiary/aromatic N) is 2. The van der Waals surface area contributed by atoms with Crippen LogP contribution in [0.1, 0.15) is 25.6 Å². The minimum absolute atomic E-state index is 0.182. The van der Waals surface area contributed by atoms with Gasteiger partial charge in [-0.05, 0) is 18.2 Å². The Hall–Kier alpha value is -2.17. The summed E-state index contributed by atoms with van der Waals surface area (Å²) in [4.78, 5) is 8.48. The van der Waals surface area contributed by atoms with E-state index in [1.54, 1.807) is 18.2 Å². The van der Waals surface area contributed by atoms with Crippen LogP contribution in [-0.2, 0) is 0 Å². The summed E-state index contributed by atoms with van der Waals surface area (Å²) in [6, 6.07) is 7.80. The topological polar surface area (TPSA) is 63.8 Å². The van der Waals surface area contributed by atoms with Gasteiger partial charge in [-0.15, -0.1) is 0 Å². The Morgan fingerprint density at radius 2 is 2.00 bits per heavy atom. The Balaban J connectivity index is 2.29. The molecule has 0 unspecified atom stereocenters. The van der Waals surface area contributed by atoms with Gasteiger partial charge in [0.1, 0.15) is 23.3 Å². The quantitative estimate of drug-likeness (QED) is 0.873. The lowest BCUT2D eigenvalue weighted by molar-refractivity contribution is 0.628. The zero-order valence-corrected chi connectivity index (χ0v) is 10.3. The number of nitrogen functional groups attached to an aromatic ring is 1. The number of halogens is 1. The third-order valence-corrected chi connectivity index (χ3v) is 2.38. The molecule has 4 nitrogen and oxygen atoms in total. The first-order valence-electron chi connectivity index (χ1n) is 5.71. The van der Waals surface area contributed by atoms with Crippen LogP contribution in [0.15, 0.2) is 30.3 Å². The number of anilines is 3. The Morgan fingerprint density at radius 1 is 1.22 bits per heavy atom. The summed E-state index contributed by atoms with van der Waals surface area (Å²) in [5, 5.41) is 3.01. The summed E-state index contributed by atoms with van der Waals surface area (Å²) in [5.74, 6) is 1.51. The molecule has 0 fully saturated rings. The van der Waals surface area contributed by atoms with Crippen molar-refractivity contribution in [2.75, 3.05) is 11.1 Å². The molecule has 0 saturated heterocycles. The van der Waals surface area contributed by atoms with Crippen molar-refractivity contribution in [3.63, 3.8) is 0 Å². The molecule has 0 aliphatic carbocycles. The fourth-order valence-electron chi connectivity index (χ4n) is 1.52. The van der Waals surface area contributed by atoms with Crippen molar-refractivity contribution in [1.29, 1.82) is 0 Å². The van der Waals surface area contributed by atoms with Gasteiger partial charge in [0, 0.05) is 17.7 Å². The van der Waals surface area contributed by atoms with Crippen molar-refractivity contribution in [3.8, 4) is 0 Å². The number of aromatic nitrogens is 2. The molecule has 0 amide bonds. The molecular weight excluding hydrogens is 231 g/mol. The van der Waals surface area contributed by atoms with E-state index in [1.807, 2.05) is 13.8 Å². The molecule has 0 aliphatic rings. The summed E-state index contributed by atoms with van der Waals surface area (Å²) in [6.07, 6.45) is 0. The maximum atomic E-state index is 13.1. The summed E-state index contributed by atoms with van der Waals surface area (Å²) in [6.45, 7) is 3.97. The second kappa shape index (κ2) is 5.00. The molecule has 1 aromatic carbocycles. The predicted octanol–water partition coefficient (Wildman–Crippen LogP) is 3.06. The minimum atomic E-state index is -0.300. The Bertz CT molecular complexity index is 554. The Kier molecular flexibility index (Phi) is 3.41. The molecule has 3 N–H and O–H groups in total. The van der Waals surface area contributed by atoms with Gasteiger partial charge in [-0.2, -0.15) is 0 Å². The van der Waals surface area contributed by atoms with E-state index >= 15 is 0 Å². The fraction of sp³-hybridized carbons (Fsp3) is 0.231. The van der Waals surface area contributed by atoms with Crippen molar-refractivity contribution in [2.45, 2.75) is 19.8 Å². The highest BCUT2D eigenvalue weighted by molar-refractivity contribution is 5.58. The molecule has 2 aromatic rings. The third-order valence-electron chi connectivity index (χ3n) is 2.38. The van der Waals surface area contributed by atoms with E-state index in [-0.39, 0.29) is 11.7 Å². The maximum Gasteiger partial charge on any atom is 0.136 e. The van der Waals surface area contributed by atoms with E-state index in [0.29, 0.717) is 23.1 Å². The zero-order valence-electron chi connectivity index (χ0n) is 10.3. The predicted molar refractivity (Wildman–Crippen MR) is 70.2 cm³/mol. The van der Waals surface area contributed by atoms with Crippen LogP contribution < -0.4 is 11.1 Å². The van der Waals surface area contributed by atoms with Gasteiger partial charge in [-0.1, -0.05) is 19.9 Å². The van der Waals surface area contributed by atoms with E-state index in [2.05, 4.69) is 15.3 Å². The largest absolute Gasteiger partial charge is 0.384 e. The first-order valence-corrected chi connectivity index (χ1v) is 5.71. The van der Waals surface area contributed by atoms with Gasteiger partial charge in [0.25, 0.3) is 0 Å². The van der Waals surface area contributed by atoms with Gasteiger partial charge in [0.2, 0.25) is 0 Å². The molecule has 18 heavy (non-hydrogen) atoms. The van der Waals surface area contributed by atoms with Crippen LogP contribution in [-0.4, -0.2) is 9.97 Å². The molecule has 2 rings (SSSR count). The minimum Gasteiger partial charge on any atom is -0.384 e. The smallest absolute Gasteiger partial charge is 0.136 e. The molecule has 0 spiro atoms. The van der Waals surface area contributed by atoms with Crippen molar-refractivity contribution in [2.24, 2.45) is 0 Å². The molecule has 0 radical (unpaired) electrons. The number of nitrogens with two attached hydrogens (primary N) is 1. The number of nitrogens with one attached hydrogen (secondary N) is 1. The second-order valence-corrected chi connectivity index (χ2v) is 4.33. The zero-order chi connectivity index (χ0) is 13.1. The van der Waals surface area contributed by atoms with Crippen molar-refractivity contribution >= 4 is 17.3 Å². The molecule has 5 heteroatoms. The lowest BCUT2D eigenvalue weighted by atomic mass is 10.2. The first kappa shape index (κ1) is 12.3. The number of rotatable bonds is 3. The normalized spacial score (nSPS) is 10.7. The summed E-state index contributed by atoms with van der Waals surface area (Å²) in [7, 11) is 0. The summed E-state index contributed by atoms with van der Waals surface area (Å²) < 4.78 is 13.1. The first-order chi connectivity index (χ1) is 8.54. The number of benzene rings is 1. The van der Waals surface area contributed by atoms with Crippen molar-refractivity contribution in [1.82, 2.24) is 9.97 Å². The third kappa shape index (κ3) is 2.94. The molecule has 1 aromatic heterocycles. The molecule has 0 saturated carbocycles. The second-order valence-electron chi connectivity index (χ2n) is 4.33. The summed E-state index contributed by atoms with van der Waals surface area (Å²) in [5.41, 5.74) is 6.34. The lowest BCUT2D eigenvalue weighted by Gasteiger charge is -2.10. The number of hydrogen-bond acceptors (Lipinski definition) is 4. The van der Waals surface area contributed by atoms with Crippen molar-refractivity contribution < 1.29 is 4.39 Å². The average molecular weight is 246 g/mol. The van der Waals surface area contributed by atoms with Crippen LogP contribution in [0.25, 0.3) is 0 Å². The van der Waals surface area contributed by atoms with E-state index in [4.69, 9.17) is 5.73 Å².